The Hall–Kier alpha value is -4.14. The van der Waals surface area contributed by atoms with Crippen LogP contribution in [0.1, 0.15) is 69.6 Å². The number of hydrogen-bond donors (Lipinski definition) is 1. The molecule has 7 nitrogen and oxygen atoms in total. The predicted molar refractivity (Wildman–Crippen MR) is 190 cm³/mol. The van der Waals surface area contributed by atoms with E-state index in [0.29, 0.717) is 26.2 Å². The second kappa shape index (κ2) is 14.3. The highest BCUT2D eigenvalue weighted by Crippen LogP contribution is 2.44. The Morgan fingerprint density at radius 3 is 2.28 bits per heavy atom. The lowest BCUT2D eigenvalue weighted by Gasteiger charge is -2.26. The first-order chi connectivity index (χ1) is 22.4. The van der Waals surface area contributed by atoms with Crippen LogP contribution in [0.3, 0.4) is 0 Å². The topological polar surface area (TPSA) is 86.5 Å². The van der Waals surface area contributed by atoms with Gasteiger partial charge in [-0.2, -0.15) is 0 Å². The second-order valence-corrected chi connectivity index (χ2v) is 15.4. The summed E-state index contributed by atoms with van der Waals surface area (Å²) in [7, 11) is 0. The van der Waals surface area contributed by atoms with Crippen LogP contribution in [0.5, 0.6) is 5.75 Å². The molecule has 0 aliphatic carbocycles. The van der Waals surface area contributed by atoms with Crippen molar-refractivity contribution in [3.05, 3.63) is 107 Å². The van der Waals surface area contributed by atoms with Gasteiger partial charge in [0.25, 0.3) is 0 Å². The SMILES string of the molecule is CCOC(=O)C(C)(C)Cc1c(SC(C)(C)C)c2cc(OCc3ccc(C)cn3)ccc2n1Cc1ccc(-c2ccc(CO)cn2)cc1. The summed E-state index contributed by atoms with van der Waals surface area (Å²) >= 11 is 1.81. The number of aryl methyl sites for hydroxylation is 1. The number of aliphatic hydroxyl groups is 1. The third kappa shape index (κ3) is 8.42. The Bertz CT molecular complexity index is 1820. The molecule has 0 radical (unpaired) electrons. The minimum Gasteiger partial charge on any atom is -0.487 e. The van der Waals surface area contributed by atoms with Crippen LogP contribution >= 0.6 is 11.8 Å². The third-order valence-corrected chi connectivity index (χ3v) is 9.17. The van der Waals surface area contributed by atoms with E-state index in [-0.39, 0.29) is 17.3 Å². The highest BCUT2D eigenvalue weighted by molar-refractivity contribution is 8.00. The molecular formula is C39H45N3O4S. The molecule has 0 atom stereocenters. The van der Waals surface area contributed by atoms with Crippen LogP contribution in [0.2, 0.25) is 0 Å². The van der Waals surface area contributed by atoms with Crippen LogP contribution in [0, 0.1) is 12.3 Å². The lowest BCUT2D eigenvalue weighted by atomic mass is 9.87. The minimum atomic E-state index is -0.734. The quantitative estimate of drug-likeness (QED) is 0.107. The molecule has 246 valence electrons. The van der Waals surface area contributed by atoms with Crippen molar-refractivity contribution < 1.29 is 19.4 Å². The summed E-state index contributed by atoms with van der Waals surface area (Å²) in [6.07, 6.45) is 4.08. The number of hydrogen-bond acceptors (Lipinski definition) is 7. The van der Waals surface area contributed by atoms with Crippen LogP contribution in [0.25, 0.3) is 22.2 Å². The molecule has 0 bridgehead atoms. The molecular weight excluding hydrogens is 607 g/mol. The highest BCUT2D eigenvalue weighted by Gasteiger charge is 2.34. The van der Waals surface area contributed by atoms with Crippen molar-refractivity contribution in [1.29, 1.82) is 0 Å². The monoisotopic (exact) mass is 651 g/mol. The zero-order valence-corrected chi connectivity index (χ0v) is 29.3. The van der Waals surface area contributed by atoms with E-state index in [1.807, 2.05) is 76.0 Å². The van der Waals surface area contributed by atoms with E-state index >= 15 is 0 Å². The second-order valence-electron chi connectivity index (χ2n) is 13.6. The van der Waals surface area contributed by atoms with Crippen LogP contribution < -0.4 is 4.74 Å². The molecule has 8 heteroatoms. The number of rotatable bonds is 12. The van der Waals surface area contributed by atoms with E-state index in [9.17, 15) is 9.90 Å². The van der Waals surface area contributed by atoms with Crippen molar-refractivity contribution in [3.8, 4) is 17.0 Å². The summed E-state index contributed by atoms with van der Waals surface area (Å²) in [5.41, 5.74) is 7.21. The highest BCUT2D eigenvalue weighted by atomic mass is 32.2. The lowest BCUT2D eigenvalue weighted by molar-refractivity contribution is -0.153. The number of carbonyl (C=O) groups excluding carboxylic acids is 1. The van der Waals surface area contributed by atoms with Gasteiger partial charge in [0, 0.05) is 57.2 Å². The van der Waals surface area contributed by atoms with E-state index in [1.165, 1.54) is 0 Å². The Kier molecular flexibility index (Phi) is 10.4. The molecule has 3 aromatic heterocycles. The van der Waals surface area contributed by atoms with Crippen molar-refractivity contribution in [1.82, 2.24) is 14.5 Å². The zero-order chi connectivity index (χ0) is 33.8. The molecule has 0 spiro atoms. The molecule has 0 amide bonds. The van der Waals surface area contributed by atoms with E-state index < -0.39 is 5.41 Å². The summed E-state index contributed by atoms with van der Waals surface area (Å²) in [5, 5.41) is 10.5. The molecule has 0 aliphatic heterocycles. The fourth-order valence-electron chi connectivity index (χ4n) is 5.43. The number of thioether (sulfide) groups is 1. The Morgan fingerprint density at radius 1 is 0.915 bits per heavy atom. The number of pyridine rings is 2. The fourth-order valence-corrected chi connectivity index (χ4v) is 6.62. The lowest BCUT2D eigenvalue weighted by Crippen LogP contribution is -2.30. The number of fused-ring (bicyclic) bond motifs is 1. The third-order valence-electron chi connectivity index (χ3n) is 7.89. The molecule has 5 aromatic rings. The normalized spacial score (nSPS) is 12.0. The fraction of sp³-hybridized carbons (Fsp3) is 0.359. The summed E-state index contributed by atoms with van der Waals surface area (Å²) in [6, 6.07) is 22.6. The molecule has 0 saturated heterocycles. The summed E-state index contributed by atoms with van der Waals surface area (Å²) in [4.78, 5) is 23.3. The van der Waals surface area contributed by atoms with Gasteiger partial charge in [0.15, 0.2) is 0 Å². The van der Waals surface area contributed by atoms with Gasteiger partial charge < -0.3 is 19.1 Å². The van der Waals surface area contributed by atoms with Crippen molar-refractivity contribution in [2.24, 2.45) is 5.41 Å². The molecule has 1 N–H and O–H groups in total. The molecule has 2 aromatic carbocycles. The number of aliphatic hydroxyl groups excluding tert-OH is 1. The Morgan fingerprint density at radius 2 is 1.66 bits per heavy atom. The maximum absolute atomic E-state index is 13.2. The maximum Gasteiger partial charge on any atom is 0.311 e. The van der Waals surface area contributed by atoms with Gasteiger partial charge in [-0.25, -0.2) is 0 Å². The first-order valence-electron chi connectivity index (χ1n) is 16.1. The van der Waals surface area contributed by atoms with Gasteiger partial charge in [0.2, 0.25) is 0 Å². The molecule has 5 rings (SSSR count). The predicted octanol–water partition coefficient (Wildman–Crippen LogP) is 8.55. The van der Waals surface area contributed by atoms with Crippen LogP contribution in [-0.4, -0.2) is 37.0 Å². The van der Waals surface area contributed by atoms with Gasteiger partial charge in [-0.1, -0.05) is 57.2 Å². The van der Waals surface area contributed by atoms with Gasteiger partial charge >= 0.3 is 5.97 Å². The molecule has 0 unspecified atom stereocenters. The standard InChI is InChI=1S/C39H45N3O4S/c1-8-45-37(44)39(6,7)20-35-36(47-38(3,4)5)32-19-31(46-25-30-15-9-26(2)21-40-30)16-18-34(32)42(35)23-27-10-13-29(14-11-27)33-17-12-28(24-43)22-41-33/h9-19,21-22,43H,8,20,23-25H2,1-7H3. The number of benzene rings is 2. The van der Waals surface area contributed by atoms with E-state index in [2.05, 4.69) is 71.7 Å². The average Bonchev–Trinajstić information content (AvgIpc) is 3.30. The van der Waals surface area contributed by atoms with Crippen molar-refractivity contribution in [3.63, 3.8) is 0 Å². The van der Waals surface area contributed by atoms with Gasteiger partial charge in [-0.3, -0.25) is 14.8 Å². The van der Waals surface area contributed by atoms with Crippen LogP contribution in [0.15, 0.2) is 84.0 Å². The maximum atomic E-state index is 13.2. The van der Waals surface area contributed by atoms with Crippen LogP contribution in [0.4, 0.5) is 0 Å². The molecule has 47 heavy (non-hydrogen) atoms. The molecule has 3 heterocycles. The van der Waals surface area contributed by atoms with E-state index in [1.54, 1.807) is 6.20 Å². The van der Waals surface area contributed by atoms with Gasteiger partial charge in [-0.05, 0) is 74.7 Å². The number of aromatic nitrogens is 3. The van der Waals surface area contributed by atoms with Gasteiger partial charge in [0.05, 0.1) is 30.0 Å². The average molecular weight is 652 g/mol. The number of carbonyl (C=O) groups is 1. The summed E-state index contributed by atoms with van der Waals surface area (Å²) in [5.74, 6) is 0.565. The first kappa shape index (κ1) is 34.2. The van der Waals surface area contributed by atoms with Crippen molar-refractivity contribution in [2.45, 2.75) is 84.3 Å². The largest absolute Gasteiger partial charge is 0.487 e. The summed E-state index contributed by atoms with van der Waals surface area (Å²) < 4.78 is 14.0. The number of esters is 1. The van der Waals surface area contributed by atoms with E-state index in [4.69, 9.17) is 9.47 Å². The van der Waals surface area contributed by atoms with Crippen LogP contribution in [-0.2, 0) is 35.7 Å². The summed E-state index contributed by atoms with van der Waals surface area (Å²) in [6.45, 7) is 15.8. The molecule has 0 aliphatic rings. The van der Waals surface area contributed by atoms with Gasteiger partial charge in [-0.15, -0.1) is 11.8 Å². The number of nitrogens with zero attached hydrogens (tertiary/aromatic N) is 3. The number of ether oxygens (including phenoxy) is 2. The Balaban J connectivity index is 1.57. The first-order valence-corrected chi connectivity index (χ1v) is 16.9. The minimum absolute atomic E-state index is 0.0284. The Labute approximate surface area is 282 Å². The van der Waals surface area contributed by atoms with Crippen molar-refractivity contribution in [2.75, 3.05) is 6.61 Å². The zero-order valence-electron chi connectivity index (χ0n) is 28.5. The molecule has 0 fully saturated rings. The smallest absolute Gasteiger partial charge is 0.311 e. The van der Waals surface area contributed by atoms with Gasteiger partial charge in [0.1, 0.15) is 12.4 Å². The van der Waals surface area contributed by atoms with Crippen molar-refractivity contribution >= 4 is 28.6 Å². The van der Waals surface area contributed by atoms with E-state index in [0.717, 1.165) is 60.9 Å². The molecule has 0 saturated carbocycles.